The van der Waals surface area contributed by atoms with Gasteiger partial charge in [-0.1, -0.05) is 41.9 Å². The van der Waals surface area contributed by atoms with Gasteiger partial charge in [-0.3, -0.25) is 9.10 Å². The summed E-state index contributed by atoms with van der Waals surface area (Å²) >= 11 is 5.90. The number of aryl methyl sites for hydroxylation is 1. The zero-order valence-electron chi connectivity index (χ0n) is 18.2. The van der Waals surface area contributed by atoms with E-state index in [0.717, 1.165) is 29.7 Å². The summed E-state index contributed by atoms with van der Waals surface area (Å²) in [5, 5.41) is 3.50. The molecule has 6 nitrogen and oxygen atoms in total. The molecular formula is C25H25ClN2O4S. The van der Waals surface area contributed by atoms with E-state index in [1.807, 2.05) is 43.3 Å². The van der Waals surface area contributed by atoms with Gasteiger partial charge in [-0.2, -0.15) is 0 Å². The van der Waals surface area contributed by atoms with Gasteiger partial charge in [-0.25, -0.2) is 8.42 Å². The largest absolute Gasteiger partial charge is 0.484 e. The van der Waals surface area contributed by atoms with Crippen molar-refractivity contribution >= 4 is 33.2 Å². The number of hydrogen-bond acceptors (Lipinski definition) is 4. The van der Waals surface area contributed by atoms with Gasteiger partial charge in [-0.15, -0.1) is 0 Å². The summed E-state index contributed by atoms with van der Waals surface area (Å²) in [6.45, 7) is 2.15. The lowest BCUT2D eigenvalue weighted by Crippen LogP contribution is -2.35. The number of anilines is 1. The molecule has 1 aliphatic heterocycles. The number of para-hydroxylation sites is 1. The molecule has 0 fully saturated rings. The van der Waals surface area contributed by atoms with Crippen LogP contribution in [0.5, 0.6) is 5.75 Å². The predicted molar refractivity (Wildman–Crippen MR) is 129 cm³/mol. The maximum Gasteiger partial charge on any atom is 0.264 e. The first kappa shape index (κ1) is 23.1. The number of halogens is 1. The molecule has 33 heavy (non-hydrogen) atoms. The quantitative estimate of drug-likeness (QED) is 0.525. The summed E-state index contributed by atoms with van der Waals surface area (Å²) < 4.78 is 33.5. The number of carbonyl (C=O) groups excluding carboxylic acids is 1. The molecule has 1 heterocycles. The fraction of sp³-hybridized carbons (Fsp3) is 0.240. The molecule has 4 rings (SSSR count). The number of ether oxygens (including phenoxy) is 1. The van der Waals surface area contributed by atoms with E-state index in [0.29, 0.717) is 17.3 Å². The van der Waals surface area contributed by atoms with Gasteiger partial charge in [0, 0.05) is 11.6 Å². The lowest BCUT2D eigenvalue weighted by molar-refractivity contribution is -0.123. The molecule has 3 aromatic carbocycles. The highest BCUT2D eigenvalue weighted by Gasteiger charge is 2.28. The Morgan fingerprint density at radius 2 is 1.76 bits per heavy atom. The Morgan fingerprint density at radius 1 is 1.06 bits per heavy atom. The van der Waals surface area contributed by atoms with Crippen LogP contribution in [-0.2, 0) is 21.2 Å². The molecule has 172 valence electrons. The van der Waals surface area contributed by atoms with Crippen molar-refractivity contribution in [2.24, 2.45) is 0 Å². The minimum absolute atomic E-state index is 0.177. The van der Waals surface area contributed by atoms with Gasteiger partial charge in [0.1, 0.15) is 5.75 Å². The maximum absolute atomic E-state index is 13.2. The number of amides is 1. The van der Waals surface area contributed by atoms with Crippen LogP contribution in [-0.4, -0.2) is 27.5 Å². The van der Waals surface area contributed by atoms with Gasteiger partial charge >= 0.3 is 0 Å². The molecule has 1 atom stereocenters. The lowest BCUT2D eigenvalue weighted by Gasteiger charge is -2.30. The van der Waals surface area contributed by atoms with E-state index in [1.165, 1.54) is 16.4 Å². The molecule has 0 saturated carbocycles. The average Bonchev–Trinajstić information content (AvgIpc) is 2.83. The summed E-state index contributed by atoms with van der Waals surface area (Å²) in [5.41, 5.74) is 2.70. The van der Waals surface area contributed by atoms with Crippen molar-refractivity contribution in [1.82, 2.24) is 5.32 Å². The van der Waals surface area contributed by atoms with E-state index >= 15 is 0 Å². The number of nitrogens with zero attached hydrogens (tertiary/aromatic N) is 1. The van der Waals surface area contributed by atoms with Crippen molar-refractivity contribution in [3.63, 3.8) is 0 Å². The third-order valence-electron chi connectivity index (χ3n) is 5.60. The fourth-order valence-corrected chi connectivity index (χ4v) is 5.52. The van der Waals surface area contributed by atoms with Crippen molar-refractivity contribution < 1.29 is 17.9 Å². The molecule has 0 spiro atoms. The Bertz CT molecular complexity index is 1230. The van der Waals surface area contributed by atoms with Crippen molar-refractivity contribution in [1.29, 1.82) is 0 Å². The molecular weight excluding hydrogens is 460 g/mol. The van der Waals surface area contributed by atoms with Crippen molar-refractivity contribution in [2.75, 3.05) is 17.5 Å². The second kappa shape index (κ2) is 9.85. The predicted octanol–water partition coefficient (Wildman–Crippen LogP) is 4.74. The van der Waals surface area contributed by atoms with Crippen LogP contribution < -0.4 is 14.4 Å². The zero-order chi connectivity index (χ0) is 23.4. The first-order valence-corrected chi connectivity index (χ1v) is 12.5. The monoisotopic (exact) mass is 484 g/mol. The van der Waals surface area contributed by atoms with Crippen LogP contribution in [0.15, 0.2) is 77.7 Å². The molecule has 0 aliphatic carbocycles. The number of fused-ring (bicyclic) bond motifs is 1. The van der Waals surface area contributed by atoms with Gasteiger partial charge in [0.2, 0.25) is 0 Å². The number of nitrogens with one attached hydrogen (secondary N) is 1. The van der Waals surface area contributed by atoms with Crippen LogP contribution >= 0.6 is 11.6 Å². The number of carbonyl (C=O) groups is 1. The molecule has 1 N–H and O–H groups in total. The smallest absolute Gasteiger partial charge is 0.264 e. The van der Waals surface area contributed by atoms with Crippen molar-refractivity contribution in [3.8, 4) is 5.75 Å². The van der Waals surface area contributed by atoms with E-state index in [1.54, 1.807) is 24.3 Å². The summed E-state index contributed by atoms with van der Waals surface area (Å²) in [6.07, 6.45) is 1.65. The third-order valence-corrected chi connectivity index (χ3v) is 7.68. The van der Waals surface area contributed by atoms with Crippen LogP contribution in [0.2, 0.25) is 5.02 Å². The summed E-state index contributed by atoms with van der Waals surface area (Å²) in [4.78, 5) is 12.4. The van der Waals surface area contributed by atoms with E-state index in [-0.39, 0.29) is 23.5 Å². The van der Waals surface area contributed by atoms with Gasteiger partial charge in [0.05, 0.1) is 16.6 Å². The van der Waals surface area contributed by atoms with Crippen molar-refractivity contribution in [3.05, 3.63) is 88.9 Å². The topological polar surface area (TPSA) is 75.7 Å². The minimum Gasteiger partial charge on any atom is -0.484 e. The summed E-state index contributed by atoms with van der Waals surface area (Å²) in [7, 11) is -3.68. The SMILES string of the molecule is C[C@H](NC(=O)COc1ccc(S(=O)(=O)N2CCCc3ccccc32)cc1)c1ccc(Cl)cc1. The Kier molecular flexibility index (Phi) is 6.91. The van der Waals surface area contributed by atoms with Crippen LogP contribution in [0, 0.1) is 0 Å². The number of sulfonamides is 1. The molecule has 0 unspecified atom stereocenters. The Labute approximate surface area is 199 Å². The minimum atomic E-state index is -3.68. The van der Waals surface area contributed by atoms with Crippen LogP contribution in [0.3, 0.4) is 0 Å². The third kappa shape index (κ3) is 5.31. The first-order valence-electron chi connectivity index (χ1n) is 10.7. The van der Waals surface area contributed by atoms with Crippen LogP contribution in [0.4, 0.5) is 5.69 Å². The zero-order valence-corrected chi connectivity index (χ0v) is 19.8. The highest BCUT2D eigenvalue weighted by molar-refractivity contribution is 7.92. The van der Waals surface area contributed by atoms with Gasteiger partial charge in [0.15, 0.2) is 6.61 Å². The molecule has 8 heteroatoms. The van der Waals surface area contributed by atoms with Gasteiger partial charge < -0.3 is 10.1 Å². The Morgan fingerprint density at radius 3 is 2.48 bits per heavy atom. The highest BCUT2D eigenvalue weighted by Crippen LogP contribution is 2.32. The number of rotatable bonds is 7. The normalized spacial score (nSPS) is 14.3. The lowest BCUT2D eigenvalue weighted by atomic mass is 10.0. The van der Waals surface area contributed by atoms with E-state index in [9.17, 15) is 13.2 Å². The van der Waals surface area contributed by atoms with Crippen LogP contribution in [0.1, 0.15) is 30.5 Å². The standard InChI is InChI=1S/C25H25ClN2O4S/c1-18(19-8-10-21(26)11-9-19)27-25(29)17-32-22-12-14-23(15-13-22)33(30,31)28-16-4-6-20-5-2-3-7-24(20)28/h2-3,5,7-15,18H,4,6,16-17H2,1H3,(H,27,29)/t18-/m0/s1. The maximum atomic E-state index is 13.2. The van der Waals surface area contributed by atoms with E-state index in [2.05, 4.69) is 5.32 Å². The summed E-state index contributed by atoms with van der Waals surface area (Å²) in [5.74, 6) is 0.140. The molecule has 0 aromatic heterocycles. The average molecular weight is 485 g/mol. The van der Waals surface area contributed by atoms with E-state index < -0.39 is 10.0 Å². The Hall–Kier alpha value is -3.03. The summed E-state index contributed by atoms with van der Waals surface area (Å²) in [6, 6.07) is 20.8. The van der Waals surface area contributed by atoms with Gasteiger partial charge in [-0.05, 0) is 73.4 Å². The Balaban J connectivity index is 1.37. The second-order valence-corrected chi connectivity index (χ2v) is 10.2. The molecule has 1 aliphatic rings. The molecule has 1 amide bonds. The van der Waals surface area contributed by atoms with Crippen LogP contribution in [0.25, 0.3) is 0 Å². The van der Waals surface area contributed by atoms with Crippen molar-refractivity contribution in [2.45, 2.75) is 30.7 Å². The fourth-order valence-electron chi connectivity index (χ4n) is 3.85. The molecule has 0 saturated heterocycles. The molecule has 3 aromatic rings. The second-order valence-electron chi connectivity index (χ2n) is 7.91. The highest BCUT2D eigenvalue weighted by atomic mass is 35.5. The first-order chi connectivity index (χ1) is 15.8. The molecule has 0 radical (unpaired) electrons. The molecule has 0 bridgehead atoms. The van der Waals surface area contributed by atoms with E-state index in [4.69, 9.17) is 16.3 Å². The number of benzene rings is 3. The number of hydrogen-bond donors (Lipinski definition) is 1. The van der Waals surface area contributed by atoms with Gasteiger partial charge in [0.25, 0.3) is 15.9 Å².